The van der Waals surface area contributed by atoms with Crippen molar-refractivity contribution in [3.8, 4) is 5.69 Å². The molecule has 0 fully saturated rings. The molecule has 0 saturated heterocycles. The van der Waals surface area contributed by atoms with E-state index in [1.807, 2.05) is 30.3 Å². The molecule has 198 valence electrons. The summed E-state index contributed by atoms with van der Waals surface area (Å²) < 4.78 is 6.44. The molecule has 1 heterocycles. The molecule has 0 spiro atoms. The normalized spacial score (nSPS) is 11.6. The van der Waals surface area contributed by atoms with Crippen LogP contribution in [0.1, 0.15) is 28.4 Å². The van der Waals surface area contributed by atoms with Gasteiger partial charge in [0.25, 0.3) is 0 Å². The molecule has 39 heavy (non-hydrogen) atoms. The van der Waals surface area contributed by atoms with Gasteiger partial charge in [-0.1, -0.05) is 41.9 Å². The molecule has 4 aromatic rings. The Labute approximate surface area is 229 Å². The molecule has 3 aromatic carbocycles. The van der Waals surface area contributed by atoms with Gasteiger partial charge >= 0.3 is 5.97 Å². The van der Waals surface area contributed by atoms with Crippen molar-refractivity contribution in [3.63, 3.8) is 0 Å². The second-order valence-corrected chi connectivity index (χ2v) is 8.77. The van der Waals surface area contributed by atoms with Crippen molar-refractivity contribution in [3.05, 3.63) is 107 Å². The Morgan fingerprint density at radius 2 is 1.82 bits per heavy atom. The van der Waals surface area contributed by atoms with Crippen molar-refractivity contribution in [1.29, 1.82) is 0 Å². The van der Waals surface area contributed by atoms with Gasteiger partial charge < -0.3 is 15.4 Å². The maximum absolute atomic E-state index is 13.2. The molecule has 0 aliphatic carbocycles. The second-order valence-electron chi connectivity index (χ2n) is 8.33. The van der Waals surface area contributed by atoms with E-state index in [-0.39, 0.29) is 13.0 Å². The highest BCUT2D eigenvalue weighted by Gasteiger charge is 2.21. The van der Waals surface area contributed by atoms with E-state index < -0.39 is 23.8 Å². The van der Waals surface area contributed by atoms with Gasteiger partial charge in [0.15, 0.2) is 0 Å². The fraction of sp³-hybridized carbons (Fsp3) is 0.143. The first-order chi connectivity index (χ1) is 18.9. The van der Waals surface area contributed by atoms with E-state index in [2.05, 4.69) is 26.2 Å². The van der Waals surface area contributed by atoms with E-state index in [0.29, 0.717) is 27.5 Å². The highest BCUT2D eigenvalue weighted by molar-refractivity contribution is 6.30. The Hall–Kier alpha value is -4.83. The van der Waals surface area contributed by atoms with Gasteiger partial charge in [-0.25, -0.2) is 4.79 Å². The van der Waals surface area contributed by atoms with Gasteiger partial charge in [-0.3, -0.25) is 9.59 Å². The summed E-state index contributed by atoms with van der Waals surface area (Å²) >= 11 is 6.16. The summed E-state index contributed by atoms with van der Waals surface area (Å²) in [7, 11) is 0. The lowest BCUT2D eigenvalue weighted by Gasteiger charge is -2.18. The number of anilines is 1. The van der Waals surface area contributed by atoms with Crippen molar-refractivity contribution in [2.75, 3.05) is 11.9 Å². The highest BCUT2D eigenvalue weighted by atomic mass is 35.5. The van der Waals surface area contributed by atoms with Crippen molar-refractivity contribution in [1.82, 2.24) is 25.5 Å². The number of rotatable bonds is 10. The van der Waals surface area contributed by atoms with Crippen molar-refractivity contribution in [2.45, 2.75) is 19.4 Å². The Balaban J connectivity index is 1.50. The molecule has 11 heteroatoms. The standard InChI is InChI=1S/C28H25ClN6O4/c1-2-39-28(38)20-8-12-23(13-9-20)31-27(37)24(16-19-6-4-3-5-7-19)32-26(36)15-10-21-17-22(29)11-14-25(21)35-18-30-33-34-35/h3-15,17-18,24H,2,16H2,1H3,(H,31,37)(H,32,36)/t24-/m0/s1. The zero-order valence-electron chi connectivity index (χ0n) is 21.0. The largest absolute Gasteiger partial charge is 0.462 e. The molecule has 10 nitrogen and oxygen atoms in total. The lowest BCUT2D eigenvalue weighted by atomic mass is 10.0. The van der Waals surface area contributed by atoms with Crippen LogP contribution in [0.3, 0.4) is 0 Å². The van der Waals surface area contributed by atoms with Gasteiger partial charge in [-0.05, 0) is 71.5 Å². The van der Waals surface area contributed by atoms with Crippen LogP contribution in [0.2, 0.25) is 5.02 Å². The predicted molar refractivity (Wildman–Crippen MR) is 146 cm³/mol. The van der Waals surface area contributed by atoms with Crippen molar-refractivity contribution >= 4 is 41.1 Å². The van der Waals surface area contributed by atoms with Crippen LogP contribution in [-0.4, -0.2) is 50.6 Å². The molecule has 0 aliphatic heterocycles. The summed E-state index contributed by atoms with van der Waals surface area (Å²) in [5.41, 5.74) is 2.95. The van der Waals surface area contributed by atoms with Crippen LogP contribution in [0.5, 0.6) is 0 Å². The zero-order valence-corrected chi connectivity index (χ0v) is 21.7. The fourth-order valence-electron chi connectivity index (χ4n) is 3.72. The first kappa shape index (κ1) is 27.2. The summed E-state index contributed by atoms with van der Waals surface area (Å²) in [5, 5.41) is 17.2. The van der Waals surface area contributed by atoms with Gasteiger partial charge in [-0.15, -0.1) is 5.10 Å². The van der Waals surface area contributed by atoms with Gasteiger partial charge in [0, 0.05) is 28.8 Å². The van der Waals surface area contributed by atoms with Crippen LogP contribution in [0.25, 0.3) is 11.8 Å². The third-order valence-electron chi connectivity index (χ3n) is 5.58. The topological polar surface area (TPSA) is 128 Å². The molecule has 1 atom stereocenters. The van der Waals surface area contributed by atoms with Crippen molar-refractivity contribution < 1.29 is 19.1 Å². The average molecular weight is 545 g/mol. The second kappa shape index (κ2) is 13.1. The number of nitrogens with zero attached hydrogens (tertiary/aromatic N) is 4. The number of amides is 2. The lowest BCUT2D eigenvalue weighted by Crippen LogP contribution is -2.44. The number of ether oxygens (including phenoxy) is 1. The SMILES string of the molecule is CCOC(=O)c1ccc(NC(=O)[C@H](Cc2ccccc2)NC(=O)C=Cc2cc(Cl)ccc2-n2cnnn2)cc1. The Morgan fingerprint density at radius 3 is 2.51 bits per heavy atom. The van der Waals surface area contributed by atoms with Gasteiger partial charge in [-0.2, -0.15) is 4.68 Å². The van der Waals surface area contributed by atoms with E-state index in [1.165, 1.54) is 17.1 Å². The fourth-order valence-corrected chi connectivity index (χ4v) is 3.90. The monoisotopic (exact) mass is 544 g/mol. The molecule has 0 radical (unpaired) electrons. The van der Waals surface area contributed by atoms with Gasteiger partial charge in [0.2, 0.25) is 11.8 Å². The summed E-state index contributed by atoms with van der Waals surface area (Å²) in [6.07, 6.45) is 4.59. The lowest BCUT2D eigenvalue weighted by molar-refractivity contribution is -0.123. The van der Waals surface area contributed by atoms with Crippen LogP contribution in [0.4, 0.5) is 5.69 Å². The minimum atomic E-state index is -0.882. The number of benzene rings is 3. The van der Waals surface area contributed by atoms with Crippen LogP contribution < -0.4 is 10.6 Å². The maximum atomic E-state index is 13.2. The summed E-state index contributed by atoms with van der Waals surface area (Å²) in [6.45, 7) is 1.99. The number of hydrogen-bond donors (Lipinski definition) is 2. The maximum Gasteiger partial charge on any atom is 0.338 e. The van der Waals surface area contributed by atoms with Crippen molar-refractivity contribution in [2.24, 2.45) is 0 Å². The molecule has 0 saturated carbocycles. The zero-order chi connectivity index (χ0) is 27.6. The van der Waals surface area contributed by atoms with E-state index in [0.717, 1.165) is 5.56 Å². The number of carbonyl (C=O) groups is 3. The summed E-state index contributed by atoms with van der Waals surface area (Å²) in [5.74, 6) is -1.34. The number of tetrazole rings is 1. The average Bonchev–Trinajstić information content (AvgIpc) is 3.47. The molecule has 1 aromatic heterocycles. The van der Waals surface area contributed by atoms with E-state index in [9.17, 15) is 14.4 Å². The molecule has 2 N–H and O–H groups in total. The molecule has 0 bridgehead atoms. The number of halogens is 1. The van der Waals surface area contributed by atoms with E-state index in [4.69, 9.17) is 16.3 Å². The van der Waals surface area contributed by atoms with Gasteiger partial charge in [0.1, 0.15) is 12.4 Å². The quantitative estimate of drug-likeness (QED) is 0.229. The molecular weight excluding hydrogens is 520 g/mol. The molecule has 0 unspecified atom stereocenters. The Bertz CT molecular complexity index is 1460. The predicted octanol–water partition coefficient (Wildman–Crippen LogP) is 3.87. The molecule has 2 amide bonds. The first-order valence-electron chi connectivity index (χ1n) is 12.1. The van der Waals surface area contributed by atoms with E-state index >= 15 is 0 Å². The number of nitrogens with one attached hydrogen (secondary N) is 2. The third kappa shape index (κ3) is 7.59. The smallest absolute Gasteiger partial charge is 0.338 e. The number of esters is 1. The minimum Gasteiger partial charge on any atom is -0.462 e. The third-order valence-corrected chi connectivity index (χ3v) is 5.81. The molecular formula is C28H25ClN6O4. The summed E-state index contributed by atoms with van der Waals surface area (Å²) in [6, 6.07) is 19.9. The van der Waals surface area contributed by atoms with Crippen LogP contribution in [0.15, 0.2) is 85.2 Å². The summed E-state index contributed by atoms with van der Waals surface area (Å²) in [4.78, 5) is 38.0. The number of aromatic nitrogens is 4. The number of carbonyl (C=O) groups excluding carboxylic acids is 3. The van der Waals surface area contributed by atoms with Gasteiger partial charge in [0.05, 0.1) is 17.9 Å². The first-order valence-corrected chi connectivity index (χ1v) is 12.4. The van der Waals surface area contributed by atoms with Crippen LogP contribution >= 0.6 is 11.6 Å². The molecule has 0 aliphatic rings. The highest BCUT2D eigenvalue weighted by Crippen LogP contribution is 2.20. The Morgan fingerprint density at radius 1 is 1.05 bits per heavy atom. The minimum absolute atomic E-state index is 0.264. The van der Waals surface area contributed by atoms with E-state index in [1.54, 1.807) is 55.5 Å². The molecule has 4 rings (SSSR count). The van der Waals surface area contributed by atoms with Crippen LogP contribution in [0, 0.1) is 0 Å². The number of hydrogen-bond acceptors (Lipinski definition) is 7. The Kier molecular flexibility index (Phi) is 9.15. The van der Waals surface area contributed by atoms with Crippen LogP contribution in [-0.2, 0) is 20.7 Å².